The number of azide groups is 6. The maximum atomic E-state index is 8.60. The van der Waals surface area contributed by atoms with Crippen molar-refractivity contribution in [2.45, 2.75) is 0 Å². The molecule has 0 spiro atoms. The minimum Gasteiger partial charge on any atom is -0.380 e. The molecule has 0 saturated heterocycles. The first-order valence-electron chi connectivity index (χ1n) is 7.70. The van der Waals surface area contributed by atoms with Crippen LogP contribution >= 0.6 is 0 Å². The van der Waals surface area contributed by atoms with Crippen molar-refractivity contribution in [3.05, 3.63) is 62.7 Å². The largest absolute Gasteiger partial charge is 0.380 e. The number of ether oxygens (including phenoxy) is 1. The Morgan fingerprint density at radius 3 is 0.828 bits per heavy atom. The molecule has 0 aromatic carbocycles. The number of nitrogens with zero attached hydrogens (tertiary/aromatic N) is 18. The molecule has 19 heteroatoms. The Labute approximate surface area is 162 Å². The van der Waals surface area contributed by atoms with Gasteiger partial charge in [0, 0.05) is 79.6 Å². The predicted octanol–water partition coefficient (Wildman–Crippen LogP) is 4.84. The average molecular weight is 404 g/mol. The molecule has 0 rings (SSSR count). The first kappa shape index (κ1) is 24.8. The fourth-order valence-corrected chi connectivity index (χ4v) is 2.15. The summed E-state index contributed by atoms with van der Waals surface area (Å²) in [5.74, 6) is 0. The van der Waals surface area contributed by atoms with Gasteiger partial charge in [-0.3, -0.25) is 0 Å². The first-order chi connectivity index (χ1) is 14.1. The van der Waals surface area contributed by atoms with Crippen LogP contribution in [-0.2, 0) is 4.74 Å². The van der Waals surface area contributed by atoms with Gasteiger partial charge in [-0.1, -0.05) is 30.7 Å². The number of hydrogen-bond acceptors (Lipinski definition) is 7. The van der Waals surface area contributed by atoms with Gasteiger partial charge in [0.15, 0.2) is 0 Å². The summed E-state index contributed by atoms with van der Waals surface area (Å²) < 4.78 is 5.65. The molecular formula is C10H16N18O. The minimum atomic E-state index is -1.13. The fourth-order valence-electron chi connectivity index (χ4n) is 2.15. The lowest BCUT2D eigenvalue weighted by molar-refractivity contribution is 0.00827. The van der Waals surface area contributed by atoms with Crippen LogP contribution in [0.3, 0.4) is 0 Å². The maximum absolute atomic E-state index is 8.60. The van der Waals surface area contributed by atoms with Crippen molar-refractivity contribution in [2.24, 2.45) is 41.5 Å². The molecule has 0 heterocycles. The quantitative estimate of drug-likeness (QED) is 0.194. The molecule has 0 amide bonds. The lowest BCUT2D eigenvalue weighted by Crippen LogP contribution is -2.41. The predicted molar refractivity (Wildman–Crippen MR) is 99.8 cm³/mol. The zero-order valence-corrected chi connectivity index (χ0v) is 15.1. The highest BCUT2D eigenvalue weighted by Gasteiger charge is 2.33. The lowest BCUT2D eigenvalue weighted by Gasteiger charge is -2.33. The van der Waals surface area contributed by atoms with E-state index in [2.05, 4.69) is 60.2 Å². The molecule has 0 aliphatic carbocycles. The molecule has 0 aliphatic heterocycles. The van der Waals surface area contributed by atoms with Gasteiger partial charge in [-0.05, 0) is 33.2 Å². The second-order valence-electron chi connectivity index (χ2n) is 5.83. The summed E-state index contributed by atoms with van der Waals surface area (Å²) in [6.07, 6.45) is 0. The average Bonchev–Trinajstić information content (AvgIpc) is 2.75. The molecular weight excluding hydrogens is 388 g/mol. The van der Waals surface area contributed by atoms with Gasteiger partial charge in [-0.15, -0.1) is 0 Å². The maximum Gasteiger partial charge on any atom is 0.0526 e. The van der Waals surface area contributed by atoms with Crippen LogP contribution in [0.4, 0.5) is 0 Å². The van der Waals surface area contributed by atoms with Gasteiger partial charge >= 0.3 is 0 Å². The first-order valence-corrected chi connectivity index (χ1v) is 7.70. The summed E-state index contributed by atoms with van der Waals surface area (Å²) >= 11 is 0. The Morgan fingerprint density at radius 1 is 0.448 bits per heavy atom. The zero-order valence-electron chi connectivity index (χ0n) is 15.1. The third-order valence-electron chi connectivity index (χ3n) is 3.63. The van der Waals surface area contributed by atoms with Crippen molar-refractivity contribution < 1.29 is 4.74 Å². The molecule has 0 aromatic rings. The number of rotatable bonds is 16. The van der Waals surface area contributed by atoms with Crippen LogP contribution in [0.5, 0.6) is 0 Å². The molecule has 0 radical (unpaired) electrons. The smallest absolute Gasteiger partial charge is 0.0526 e. The third-order valence-corrected chi connectivity index (χ3v) is 3.63. The molecule has 0 unspecified atom stereocenters. The molecule has 0 bridgehead atoms. The Bertz CT molecular complexity index is 643. The topological polar surface area (TPSA) is 302 Å². The number of hydrogen-bond donors (Lipinski definition) is 0. The highest BCUT2D eigenvalue weighted by molar-refractivity contribution is 4.90. The summed E-state index contributed by atoms with van der Waals surface area (Å²) in [7, 11) is 0. The van der Waals surface area contributed by atoms with E-state index in [1.54, 1.807) is 0 Å². The van der Waals surface area contributed by atoms with E-state index in [9.17, 15) is 0 Å². The molecule has 0 fully saturated rings. The van der Waals surface area contributed by atoms with Crippen LogP contribution in [0, 0.1) is 10.8 Å². The van der Waals surface area contributed by atoms with E-state index in [-0.39, 0.29) is 52.5 Å². The minimum absolute atomic E-state index is 0.186. The van der Waals surface area contributed by atoms with Gasteiger partial charge in [-0.25, -0.2) is 0 Å². The summed E-state index contributed by atoms with van der Waals surface area (Å²) in [5.41, 5.74) is 49.3. The molecule has 0 saturated carbocycles. The van der Waals surface area contributed by atoms with E-state index in [4.69, 9.17) is 37.9 Å². The van der Waals surface area contributed by atoms with E-state index in [1.807, 2.05) is 0 Å². The molecule has 152 valence electrons. The summed E-state index contributed by atoms with van der Waals surface area (Å²) in [5, 5.41) is 20.7. The van der Waals surface area contributed by atoms with E-state index in [0.717, 1.165) is 0 Å². The Kier molecular flexibility index (Phi) is 12.8. The SMILES string of the molecule is [N-]=[N+]=NCC(CN=[N+]=[N-])(CN=[N+]=[N-])COCC(CN=[N+]=[N-])(CN=[N+]=[N-])CN=[N+]=[N-]. The Morgan fingerprint density at radius 2 is 0.655 bits per heavy atom. The van der Waals surface area contributed by atoms with Gasteiger partial charge in [0.25, 0.3) is 0 Å². The van der Waals surface area contributed by atoms with Crippen molar-refractivity contribution in [3.63, 3.8) is 0 Å². The van der Waals surface area contributed by atoms with Crippen LogP contribution in [0.15, 0.2) is 30.7 Å². The fraction of sp³-hybridized carbons (Fsp3) is 1.00. The summed E-state index contributed by atoms with van der Waals surface area (Å²) in [6, 6.07) is 0. The van der Waals surface area contributed by atoms with E-state index in [1.165, 1.54) is 0 Å². The zero-order chi connectivity index (χ0) is 21.8. The Hall–Kier alpha value is -4.18. The highest BCUT2D eigenvalue weighted by atomic mass is 16.5. The molecule has 0 N–H and O–H groups in total. The van der Waals surface area contributed by atoms with E-state index >= 15 is 0 Å². The standard InChI is InChI=1S/C10H16N18O/c11-23-17-1-9(2-18-24-12,3-19-25-13)7-29-8-10(4-20-26-14,5-21-27-15)6-22-28-16/h1-8H2. The second kappa shape index (κ2) is 14.9. The van der Waals surface area contributed by atoms with E-state index < -0.39 is 10.8 Å². The normalized spacial score (nSPS) is 13.2. The van der Waals surface area contributed by atoms with Crippen LogP contribution in [0.2, 0.25) is 0 Å². The highest BCUT2D eigenvalue weighted by Crippen LogP contribution is 2.25. The molecule has 0 aliphatic rings. The van der Waals surface area contributed by atoms with Gasteiger partial charge in [0.05, 0.1) is 13.2 Å². The monoisotopic (exact) mass is 404 g/mol. The third kappa shape index (κ3) is 9.92. The van der Waals surface area contributed by atoms with Gasteiger partial charge in [-0.2, -0.15) is 0 Å². The van der Waals surface area contributed by atoms with Crippen molar-refractivity contribution in [3.8, 4) is 0 Å². The van der Waals surface area contributed by atoms with Crippen LogP contribution < -0.4 is 0 Å². The van der Waals surface area contributed by atoms with Crippen molar-refractivity contribution >= 4 is 0 Å². The van der Waals surface area contributed by atoms with Crippen molar-refractivity contribution in [1.82, 2.24) is 0 Å². The van der Waals surface area contributed by atoms with Crippen LogP contribution in [-0.4, -0.2) is 52.5 Å². The summed E-state index contributed by atoms with van der Waals surface area (Å²) in [4.78, 5) is 15.9. The summed E-state index contributed by atoms with van der Waals surface area (Å²) in [6.45, 7) is -1.55. The van der Waals surface area contributed by atoms with Gasteiger partial charge in [0.1, 0.15) is 0 Å². The van der Waals surface area contributed by atoms with E-state index in [0.29, 0.717) is 0 Å². The van der Waals surface area contributed by atoms with Gasteiger partial charge < -0.3 is 4.74 Å². The second-order valence-corrected chi connectivity index (χ2v) is 5.83. The van der Waals surface area contributed by atoms with Crippen molar-refractivity contribution in [1.29, 1.82) is 0 Å². The van der Waals surface area contributed by atoms with Gasteiger partial charge in [0.2, 0.25) is 0 Å². The molecule has 19 nitrogen and oxygen atoms in total. The molecule has 29 heavy (non-hydrogen) atoms. The molecule has 0 atom stereocenters. The Balaban J connectivity index is 5.69. The van der Waals surface area contributed by atoms with Crippen LogP contribution in [0.1, 0.15) is 0 Å². The van der Waals surface area contributed by atoms with Crippen molar-refractivity contribution in [2.75, 3.05) is 52.5 Å². The van der Waals surface area contributed by atoms with Crippen LogP contribution in [0.25, 0.3) is 62.7 Å². The molecule has 0 aromatic heterocycles. The lowest BCUT2D eigenvalue weighted by atomic mass is 9.87.